The first kappa shape index (κ1) is 40.2. The molecule has 0 atom stereocenters. The highest BCUT2D eigenvalue weighted by Gasteiger charge is 2.47. The summed E-state index contributed by atoms with van der Waals surface area (Å²) >= 11 is 0. The van der Waals surface area contributed by atoms with Crippen molar-refractivity contribution in [1.29, 1.82) is 0 Å². The van der Waals surface area contributed by atoms with Crippen LogP contribution in [-0.2, 0) is 41.6 Å². The average Bonchev–Trinajstić information content (AvgIpc) is 3.37. The van der Waals surface area contributed by atoms with Crippen molar-refractivity contribution in [3.05, 3.63) is 64.2 Å². The zero-order valence-electron chi connectivity index (χ0n) is 29.7. The maximum absolute atomic E-state index is 13.8. The van der Waals surface area contributed by atoms with Gasteiger partial charge in [-0.3, -0.25) is 9.79 Å². The highest BCUT2D eigenvalue weighted by atomic mass is 32.2. The van der Waals surface area contributed by atoms with Gasteiger partial charge < -0.3 is 29.6 Å². The predicted molar refractivity (Wildman–Crippen MR) is 185 cm³/mol. The summed E-state index contributed by atoms with van der Waals surface area (Å²) in [6.45, 7) is 9.16. The second-order valence-electron chi connectivity index (χ2n) is 13.5. The van der Waals surface area contributed by atoms with Gasteiger partial charge >= 0.3 is 12.1 Å². The molecule has 12 nitrogen and oxygen atoms in total. The summed E-state index contributed by atoms with van der Waals surface area (Å²) in [6, 6.07) is 8.14. The summed E-state index contributed by atoms with van der Waals surface area (Å²) in [5, 5.41) is 5.57. The number of piperidine rings is 1. The number of nitrogens with one attached hydrogen (secondary N) is 2. The minimum absolute atomic E-state index is 0.0126. The number of aryl methyl sites for hydroxylation is 2. The molecule has 1 fully saturated rings. The van der Waals surface area contributed by atoms with E-state index in [1.165, 1.54) is 10.4 Å². The molecular weight excluding hydrogens is 693 g/mol. The Hall–Kier alpha value is -3.57. The van der Waals surface area contributed by atoms with E-state index in [1.54, 1.807) is 45.9 Å². The lowest BCUT2D eigenvalue weighted by Crippen LogP contribution is -2.50. The number of carbonyl (C=O) groups is 2. The molecule has 0 radical (unpaired) electrons. The van der Waals surface area contributed by atoms with E-state index in [-0.39, 0.29) is 68.5 Å². The van der Waals surface area contributed by atoms with Crippen LogP contribution in [0.2, 0.25) is 0 Å². The zero-order valence-corrected chi connectivity index (χ0v) is 30.5. The van der Waals surface area contributed by atoms with E-state index >= 15 is 0 Å². The number of benzene rings is 2. The number of likely N-dealkylation sites (N-methyl/N-ethyl adjacent to an activating group) is 1. The average molecular weight is 741 g/mol. The Morgan fingerprint density at radius 2 is 1.67 bits per heavy atom. The molecule has 1 spiro atoms. The van der Waals surface area contributed by atoms with Crippen molar-refractivity contribution in [3.8, 4) is 5.75 Å². The van der Waals surface area contributed by atoms with E-state index in [9.17, 15) is 31.2 Å². The van der Waals surface area contributed by atoms with Gasteiger partial charge in [0, 0.05) is 25.2 Å². The number of rotatable bonds is 16. The molecule has 2 aromatic carbocycles. The summed E-state index contributed by atoms with van der Waals surface area (Å²) < 4.78 is 91.2. The largest absolute Gasteiger partial charge is 0.491 e. The smallest absolute Gasteiger partial charge is 0.416 e. The van der Waals surface area contributed by atoms with Crippen molar-refractivity contribution in [2.75, 3.05) is 65.5 Å². The van der Waals surface area contributed by atoms with Gasteiger partial charge in [0.25, 0.3) is 5.91 Å². The second-order valence-corrected chi connectivity index (χ2v) is 15.6. The van der Waals surface area contributed by atoms with Gasteiger partial charge in [-0.15, -0.1) is 0 Å². The number of ether oxygens (including phenoxy) is 4. The molecule has 0 aromatic heterocycles. The summed E-state index contributed by atoms with van der Waals surface area (Å²) in [6.07, 6.45) is -4.35. The van der Waals surface area contributed by atoms with E-state index in [4.69, 9.17) is 18.9 Å². The highest BCUT2D eigenvalue weighted by Crippen LogP contribution is 2.36. The predicted octanol–water partition coefficient (Wildman–Crippen LogP) is 3.88. The Morgan fingerprint density at radius 3 is 2.29 bits per heavy atom. The molecule has 2 N–H and O–H groups in total. The molecule has 1 saturated heterocycles. The lowest BCUT2D eigenvalue weighted by molar-refractivity contribution is -0.137. The summed E-state index contributed by atoms with van der Waals surface area (Å²) in [5.41, 5.74) is -1.00. The number of halogens is 3. The maximum Gasteiger partial charge on any atom is 0.416 e. The Bertz CT molecular complexity index is 1680. The number of alkyl halides is 3. The molecular formula is C35H47F3N4O8S. The number of nitrogens with zero attached hydrogens (tertiary/aromatic N) is 2. The van der Waals surface area contributed by atoms with Crippen molar-refractivity contribution in [2.45, 2.75) is 64.3 Å². The fraction of sp³-hybridized carbons (Fsp3) is 0.571. The van der Waals surface area contributed by atoms with Gasteiger partial charge in [-0.25, -0.2) is 17.5 Å². The fourth-order valence-corrected chi connectivity index (χ4v) is 7.11. The van der Waals surface area contributed by atoms with Gasteiger partial charge in [0.1, 0.15) is 29.3 Å². The maximum atomic E-state index is 13.8. The second kappa shape index (κ2) is 16.8. The number of carbonyl (C=O) groups excluding carboxylic acids is 2. The van der Waals surface area contributed by atoms with Crippen molar-refractivity contribution in [1.82, 2.24) is 14.9 Å². The number of amidine groups is 1. The molecule has 282 valence electrons. The van der Waals surface area contributed by atoms with Crippen LogP contribution in [0.25, 0.3) is 0 Å². The van der Waals surface area contributed by atoms with E-state index in [0.29, 0.717) is 31.9 Å². The topological polar surface area (TPSA) is 145 Å². The van der Waals surface area contributed by atoms with Crippen LogP contribution in [0.5, 0.6) is 5.75 Å². The number of sulfonamides is 1. The van der Waals surface area contributed by atoms with Crippen LogP contribution in [0.4, 0.5) is 13.2 Å². The monoisotopic (exact) mass is 740 g/mol. The van der Waals surface area contributed by atoms with E-state index < -0.39 is 44.8 Å². The molecule has 2 aliphatic rings. The molecule has 2 heterocycles. The molecule has 0 aliphatic carbocycles. The minimum Gasteiger partial charge on any atom is -0.491 e. The third-order valence-electron chi connectivity index (χ3n) is 8.40. The highest BCUT2D eigenvalue weighted by molar-refractivity contribution is 7.89. The first-order valence-corrected chi connectivity index (χ1v) is 18.4. The van der Waals surface area contributed by atoms with E-state index in [2.05, 4.69) is 15.6 Å². The van der Waals surface area contributed by atoms with Gasteiger partial charge in [-0.2, -0.15) is 13.2 Å². The lowest BCUT2D eigenvalue weighted by Gasteiger charge is -2.34. The van der Waals surface area contributed by atoms with Crippen LogP contribution in [0, 0.1) is 6.92 Å². The number of amides is 1. The third kappa shape index (κ3) is 11.2. The van der Waals surface area contributed by atoms with E-state index in [1.807, 2.05) is 7.05 Å². The van der Waals surface area contributed by atoms with Crippen molar-refractivity contribution in [2.24, 2.45) is 4.99 Å². The van der Waals surface area contributed by atoms with Gasteiger partial charge in [-0.1, -0.05) is 6.07 Å². The Morgan fingerprint density at radius 1 is 1.00 bits per heavy atom. The Balaban J connectivity index is 1.37. The molecule has 0 unspecified atom stereocenters. The molecule has 51 heavy (non-hydrogen) atoms. The van der Waals surface area contributed by atoms with E-state index in [0.717, 1.165) is 23.3 Å². The number of aliphatic imine (C=N–C) groups is 1. The van der Waals surface area contributed by atoms with Crippen LogP contribution in [0.15, 0.2) is 41.4 Å². The van der Waals surface area contributed by atoms with Gasteiger partial charge in [0.05, 0.1) is 43.3 Å². The summed E-state index contributed by atoms with van der Waals surface area (Å²) in [4.78, 5) is 30.2. The summed E-state index contributed by atoms with van der Waals surface area (Å²) in [5.74, 6) is -1.25. The lowest BCUT2D eigenvalue weighted by atomic mass is 9.89. The quantitative estimate of drug-likeness (QED) is 0.194. The van der Waals surface area contributed by atoms with Crippen molar-refractivity contribution in [3.63, 3.8) is 0 Å². The van der Waals surface area contributed by atoms with Gasteiger partial charge in [0.15, 0.2) is 0 Å². The number of hydrogen-bond acceptors (Lipinski definition) is 10. The zero-order chi connectivity index (χ0) is 37.5. The molecule has 1 amide bonds. The third-order valence-corrected chi connectivity index (χ3v) is 10.3. The molecule has 16 heteroatoms. The Labute approximate surface area is 297 Å². The van der Waals surface area contributed by atoms with Crippen LogP contribution < -0.4 is 15.4 Å². The number of hydrogen-bond donors (Lipinski definition) is 2. The van der Waals surface area contributed by atoms with Crippen LogP contribution in [-0.4, -0.2) is 107 Å². The number of esters is 1. The first-order valence-electron chi connectivity index (χ1n) is 16.8. The first-order chi connectivity index (χ1) is 23.9. The SMILES string of the molecule is CNCCOCCOCCOc1cc(C2=NC3(CCN(S(=O)(=O)CCc4ccc(C(=O)OC(C)(C)C)cc4C)CC3)C(=O)N2)cc(C(F)(F)F)c1. The van der Waals surface area contributed by atoms with Gasteiger partial charge in [-0.05, 0) is 95.5 Å². The minimum atomic E-state index is -4.69. The van der Waals surface area contributed by atoms with Crippen molar-refractivity contribution < 1.29 is 50.1 Å². The van der Waals surface area contributed by atoms with Crippen LogP contribution in [0.1, 0.15) is 66.2 Å². The molecule has 4 rings (SSSR count). The van der Waals surface area contributed by atoms with Crippen LogP contribution in [0.3, 0.4) is 0 Å². The molecule has 2 aliphatic heterocycles. The van der Waals surface area contributed by atoms with Gasteiger partial charge in [0.2, 0.25) is 10.0 Å². The Kier molecular flexibility index (Phi) is 13.3. The summed E-state index contributed by atoms with van der Waals surface area (Å²) in [7, 11) is -1.92. The van der Waals surface area contributed by atoms with Crippen LogP contribution >= 0.6 is 0 Å². The van der Waals surface area contributed by atoms with Crippen molar-refractivity contribution >= 4 is 27.7 Å². The standard InChI is InChI=1S/C35H47F3N4O8S/c1-24-20-26(31(43)50-33(2,3)4)7-6-25(24)8-19-51(45,46)42-12-9-34(10-13-42)32(44)40-30(41-34)27-21-28(35(36,37)38)23-29(22-27)49-18-17-48-16-15-47-14-11-39-5/h6-7,20-23,39H,8-19H2,1-5H3,(H,40,41,44). The molecule has 0 saturated carbocycles. The molecule has 0 bridgehead atoms. The molecule has 2 aromatic rings. The fourth-order valence-electron chi connectivity index (χ4n) is 5.63. The normalized spacial score (nSPS) is 16.6.